The van der Waals surface area contributed by atoms with Crippen LogP contribution in [0.2, 0.25) is 0 Å². The zero-order chi connectivity index (χ0) is 19.2. The van der Waals surface area contributed by atoms with E-state index in [0.717, 1.165) is 13.0 Å². The van der Waals surface area contributed by atoms with Crippen molar-refractivity contribution in [1.82, 2.24) is 0 Å². The summed E-state index contributed by atoms with van der Waals surface area (Å²) in [5, 5.41) is 8.25. The van der Waals surface area contributed by atoms with Gasteiger partial charge in [0.25, 0.3) is 0 Å². The number of hydrogen-bond donors (Lipinski definition) is 1. The Hall–Kier alpha value is -0.780. The molecule has 0 aromatic heterocycles. The van der Waals surface area contributed by atoms with E-state index in [1.807, 2.05) is 0 Å². The molecule has 3 nitrogen and oxygen atoms in total. The van der Waals surface area contributed by atoms with E-state index in [0.29, 0.717) is 13.0 Å². The zero-order valence-corrected chi connectivity index (χ0v) is 15.8. The van der Waals surface area contributed by atoms with E-state index in [2.05, 4.69) is 20.8 Å². The second-order valence-corrected chi connectivity index (χ2v) is 6.35. The molecule has 0 fully saturated rings. The van der Waals surface area contributed by atoms with Crippen LogP contribution in [-0.4, -0.2) is 30.0 Å². The van der Waals surface area contributed by atoms with E-state index >= 15 is 0 Å². The monoisotopic (exact) mass is 356 g/mol. The fraction of sp³-hybridized carbons (Fsp3) is 0.944. The second kappa shape index (κ2) is 13.5. The van der Waals surface area contributed by atoms with Gasteiger partial charge in [-0.15, -0.1) is 0 Å². The highest BCUT2D eigenvalue weighted by Gasteiger charge is 2.55. The van der Waals surface area contributed by atoms with Gasteiger partial charge in [-0.3, -0.25) is 4.79 Å². The number of alkyl halides is 3. The molecule has 0 aliphatic carbocycles. The standard InChI is InChI=1S/C12H26O.C6H9F3O2/c1-4-6-7-8-9-10-11-13-12(3)5-2;1-3-5(2,4(10)11)6(7,8)9/h12H,4-11H2,1-3H3;3H2,1-2H3,(H,10,11). The van der Waals surface area contributed by atoms with Gasteiger partial charge in [-0.05, 0) is 33.1 Å². The molecule has 0 radical (unpaired) electrons. The third-order valence-electron chi connectivity index (χ3n) is 4.28. The van der Waals surface area contributed by atoms with E-state index < -0.39 is 24.0 Å². The van der Waals surface area contributed by atoms with Gasteiger partial charge in [0.2, 0.25) is 0 Å². The summed E-state index contributed by atoms with van der Waals surface area (Å²) in [5.74, 6) is -1.83. The van der Waals surface area contributed by atoms with E-state index in [1.54, 1.807) is 0 Å². The van der Waals surface area contributed by atoms with Crippen LogP contribution in [-0.2, 0) is 9.53 Å². The first-order chi connectivity index (χ1) is 11.1. The summed E-state index contributed by atoms with van der Waals surface area (Å²) in [5.41, 5.74) is -2.60. The van der Waals surface area contributed by atoms with E-state index in [-0.39, 0.29) is 0 Å². The Morgan fingerprint density at radius 1 is 1.04 bits per heavy atom. The van der Waals surface area contributed by atoms with Crippen LogP contribution >= 0.6 is 0 Å². The summed E-state index contributed by atoms with van der Waals surface area (Å²) >= 11 is 0. The molecule has 0 spiro atoms. The van der Waals surface area contributed by atoms with Crippen molar-refractivity contribution in [3.63, 3.8) is 0 Å². The number of rotatable bonds is 11. The Morgan fingerprint density at radius 2 is 1.54 bits per heavy atom. The fourth-order valence-electron chi connectivity index (χ4n) is 1.76. The van der Waals surface area contributed by atoms with Crippen molar-refractivity contribution in [2.45, 2.75) is 98.3 Å². The zero-order valence-electron chi connectivity index (χ0n) is 15.8. The average molecular weight is 356 g/mol. The molecule has 0 aromatic carbocycles. The Kier molecular flexibility index (Phi) is 14.3. The largest absolute Gasteiger partial charge is 0.481 e. The Balaban J connectivity index is 0. The first-order valence-electron chi connectivity index (χ1n) is 8.98. The van der Waals surface area contributed by atoms with Gasteiger partial charge < -0.3 is 9.84 Å². The van der Waals surface area contributed by atoms with Gasteiger partial charge in [-0.1, -0.05) is 52.9 Å². The lowest BCUT2D eigenvalue weighted by atomic mass is 9.87. The third kappa shape index (κ3) is 10.9. The Labute approximate surface area is 145 Å². The minimum absolute atomic E-state index is 0.453. The van der Waals surface area contributed by atoms with Gasteiger partial charge >= 0.3 is 12.1 Å². The van der Waals surface area contributed by atoms with Crippen LogP contribution in [0.4, 0.5) is 13.2 Å². The maximum atomic E-state index is 12.0. The normalized spacial score (nSPS) is 15.2. The molecule has 0 saturated heterocycles. The molecule has 2 atom stereocenters. The van der Waals surface area contributed by atoms with E-state index in [9.17, 15) is 18.0 Å². The minimum Gasteiger partial charge on any atom is -0.481 e. The lowest BCUT2D eigenvalue weighted by molar-refractivity contribution is -0.227. The van der Waals surface area contributed by atoms with Crippen molar-refractivity contribution in [2.75, 3.05) is 6.61 Å². The van der Waals surface area contributed by atoms with Crippen molar-refractivity contribution >= 4 is 5.97 Å². The molecule has 0 bridgehead atoms. The number of carboxylic acids is 1. The molecule has 1 N–H and O–H groups in total. The predicted molar refractivity (Wildman–Crippen MR) is 91.2 cm³/mol. The summed E-state index contributed by atoms with van der Waals surface area (Å²) in [4.78, 5) is 10.2. The lowest BCUT2D eigenvalue weighted by Crippen LogP contribution is -2.41. The van der Waals surface area contributed by atoms with Gasteiger partial charge in [-0.2, -0.15) is 13.2 Å². The van der Waals surface area contributed by atoms with Crippen molar-refractivity contribution in [2.24, 2.45) is 5.41 Å². The summed E-state index contributed by atoms with van der Waals surface area (Å²) in [6, 6.07) is 0. The highest BCUT2D eigenvalue weighted by Crippen LogP contribution is 2.40. The lowest BCUT2D eigenvalue weighted by Gasteiger charge is -2.25. The molecule has 146 valence electrons. The van der Waals surface area contributed by atoms with Crippen molar-refractivity contribution in [3.05, 3.63) is 0 Å². The molecule has 0 rings (SSSR count). The molecule has 6 heteroatoms. The number of aliphatic carboxylic acids is 1. The highest BCUT2D eigenvalue weighted by molar-refractivity contribution is 5.75. The van der Waals surface area contributed by atoms with Gasteiger partial charge in [0.1, 0.15) is 0 Å². The van der Waals surface area contributed by atoms with Crippen molar-refractivity contribution in [1.29, 1.82) is 0 Å². The molecule has 0 saturated carbocycles. The minimum atomic E-state index is -4.67. The molecule has 0 heterocycles. The van der Waals surface area contributed by atoms with Crippen molar-refractivity contribution in [3.8, 4) is 0 Å². The predicted octanol–water partition coefficient (Wildman–Crippen LogP) is 6.21. The molecule has 0 amide bonds. The third-order valence-corrected chi connectivity index (χ3v) is 4.28. The summed E-state index contributed by atoms with van der Waals surface area (Å²) < 4.78 is 41.5. The fourth-order valence-corrected chi connectivity index (χ4v) is 1.76. The molecular formula is C18H35F3O3. The maximum absolute atomic E-state index is 12.0. The first-order valence-corrected chi connectivity index (χ1v) is 8.98. The number of carbonyl (C=O) groups is 1. The molecule has 24 heavy (non-hydrogen) atoms. The number of ether oxygens (including phenoxy) is 1. The van der Waals surface area contributed by atoms with Crippen molar-refractivity contribution < 1.29 is 27.8 Å². The summed E-state index contributed by atoms with van der Waals surface area (Å²) in [6.45, 7) is 9.41. The number of unbranched alkanes of at least 4 members (excludes halogenated alkanes) is 5. The highest BCUT2D eigenvalue weighted by atomic mass is 19.4. The van der Waals surface area contributed by atoms with Gasteiger partial charge in [-0.25, -0.2) is 0 Å². The summed E-state index contributed by atoms with van der Waals surface area (Å²) in [7, 11) is 0. The van der Waals surface area contributed by atoms with Gasteiger partial charge in [0.05, 0.1) is 6.10 Å². The molecule has 0 aliphatic heterocycles. The number of carboxylic acid groups (broad SMARTS) is 1. The van der Waals surface area contributed by atoms with Crippen LogP contribution in [0.5, 0.6) is 0 Å². The Morgan fingerprint density at radius 3 is 1.88 bits per heavy atom. The molecule has 0 aliphatic rings. The van der Waals surface area contributed by atoms with E-state index in [4.69, 9.17) is 9.84 Å². The second-order valence-electron chi connectivity index (χ2n) is 6.35. The van der Waals surface area contributed by atoms with Crippen LogP contribution in [0.3, 0.4) is 0 Å². The Bertz CT molecular complexity index is 319. The topological polar surface area (TPSA) is 46.5 Å². The average Bonchev–Trinajstić information content (AvgIpc) is 2.52. The first kappa shape index (κ1) is 25.5. The number of halogens is 3. The van der Waals surface area contributed by atoms with Crippen LogP contribution < -0.4 is 0 Å². The van der Waals surface area contributed by atoms with Gasteiger partial charge in [0.15, 0.2) is 5.41 Å². The maximum Gasteiger partial charge on any atom is 0.404 e. The number of hydrogen-bond acceptors (Lipinski definition) is 2. The quantitative estimate of drug-likeness (QED) is 0.448. The summed E-state index contributed by atoms with van der Waals surface area (Å²) in [6.07, 6.45) is 4.57. The van der Waals surface area contributed by atoms with Crippen LogP contribution in [0.15, 0.2) is 0 Å². The van der Waals surface area contributed by atoms with Gasteiger partial charge in [0, 0.05) is 6.61 Å². The van der Waals surface area contributed by atoms with E-state index in [1.165, 1.54) is 45.4 Å². The molecule has 2 unspecified atom stereocenters. The van der Waals surface area contributed by atoms with Crippen LogP contribution in [0.25, 0.3) is 0 Å². The molecule has 0 aromatic rings. The SMILES string of the molecule is CCC(C)(C(=O)O)C(F)(F)F.CCCCCCCCOC(C)CC. The van der Waals surface area contributed by atoms with Crippen LogP contribution in [0.1, 0.15) is 86.0 Å². The smallest absolute Gasteiger partial charge is 0.404 e. The molecular weight excluding hydrogens is 321 g/mol. The van der Waals surface area contributed by atoms with Crippen LogP contribution in [0, 0.1) is 5.41 Å².